The van der Waals surface area contributed by atoms with Gasteiger partial charge < -0.3 is 16.4 Å². The van der Waals surface area contributed by atoms with Gasteiger partial charge in [0.05, 0.1) is 12.5 Å². The van der Waals surface area contributed by atoms with Gasteiger partial charge in [-0.15, -0.1) is 0 Å². The first-order valence-corrected chi connectivity index (χ1v) is 7.66. The second kappa shape index (κ2) is 8.67. The number of halogens is 1. The SMILES string of the molecule is NC(=O)NC(CC(=O)NCCc1ccc(F)cc1)c1ccccc1. The van der Waals surface area contributed by atoms with Crippen molar-refractivity contribution in [2.24, 2.45) is 5.73 Å². The Morgan fingerprint density at radius 1 is 1.04 bits per heavy atom. The van der Waals surface area contributed by atoms with E-state index < -0.39 is 12.1 Å². The van der Waals surface area contributed by atoms with E-state index in [2.05, 4.69) is 10.6 Å². The number of hydrogen-bond acceptors (Lipinski definition) is 2. The molecule has 2 aromatic rings. The number of nitrogens with one attached hydrogen (secondary N) is 2. The van der Waals surface area contributed by atoms with E-state index >= 15 is 0 Å². The molecule has 1 atom stereocenters. The molecule has 0 radical (unpaired) electrons. The van der Waals surface area contributed by atoms with E-state index in [1.165, 1.54) is 12.1 Å². The van der Waals surface area contributed by atoms with Crippen molar-refractivity contribution in [2.75, 3.05) is 6.54 Å². The zero-order valence-electron chi connectivity index (χ0n) is 13.2. The zero-order valence-corrected chi connectivity index (χ0v) is 13.2. The van der Waals surface area contributed by atoms with E-state index in [9.17, 15) is 14.0 Å². The Kier molecular flexibility index (Phi) is 6.31. The summed E-state index contributed by atoms with van der Waals surface area (Å²) < 4.78 is 12.8. The molecule has 0 aromatic heterocycles. The fourth-order valence-electron chi connectivity index (χ4n) is 2.36. The summed E-state index contributed by atoms with van der Waals surface area (Å²) >= 11 is 0. The van der Waals surface area contributed by atoms with E-state index in [0.29, 0.717) is 13.0 Å². The summed E-state index contributed by atoms with van der Waals surface area (Å²) in [6.45, 7) is 0.433. The third kappa shape index (κ3) is 5.72. The van der Waals surface area contributed by atoms with Crippen LogP contribution in [0.4, 0.5) is 9.18 Å². The topological polar surface area (TPSA) is 84.2 Å². The number of hydrogen-bond donors (Lipinski definition) is 3. The van der Waals surface area contributed by atoms with Crippen LogP contribution in [0.5, 0.6) is 0 Å². The number of rotatable bonds is 7. The third-order valence-corrected chi connectivity index (χ3v) is 3.56. The molecule has 24 heavy (non-hydrogen) atoms. The number of amides is 3. The van der Waals surface area contributed by atoms with Gasteiger partial charge >= 0.3 is 6.03 Å². The lowest BCUT2D eigenvalue weighted by Crippen LogP contribution is -2.37. The highest BCUT2D eigenvalue weighted by Gasteiger charge is 2.16. The number of urea groups is 1. The Bertz CT molecular complexity index is 674. The van der Waals surface area contributed by atoms with Crippen molar-refractivity contribution in [3.63, 3.8) is 0 Å². The molecule has 2 aromatic carbocycles. The Morgan fingerprint density at radius 3 is 2.33 bits per heavy atom. The third-order valence-electron chi connectivity index (χ3n) is 3.56. The lowest BCUT2D eigenvalue weighted by molar-refractivity contribution is -0.121. The summed E-state index contributed by atoms with van der Waals surface area (Å²) in [5, 5.41) is 5.37. The van der Waals surface area contributed by atoms with Crippen LogP contribution >= 0.6 is 0 Å². The summed E-state index contributed by atoms with van der Waals surface area (Å²) in [6.07, 6.45) is 0.696. The largest absolute Gasteiger partial charge is 0.356 e. The molecule has 0 fully saturated rings. The van der Waals surface area contributed by atoms with Crippen molar-refractivity contribution < 1.29 is 14.0 Å². The normalized spacial score (nSPS) is 11.5. The van der Waals surface area contributed by atoms with Crippen molar-refractivity contribution in [1.82, 2.24) is 10.6 Å². The molecule has 0 aliphatic rings. The molecule has 126 valence electrons. The number of carbonyl (C=O) groups excluding carboxylic acids is 2. The average Bonchev–Trinajstić information content (AvgIpc) is 2.56. The van der Waals surface area contributed by atoms with Gasteiger partial charge in [-0.2, -0.15) is 0 Å². The van der Waals surface area contributed by atoms with Gasteiger partial charge in [0.1, 0.15) is 5.82 Å². The molecule has 0 aliphatic carbocycles. The predicted octanol–water partition coefficient (Wildman–Crippen LogP) is 2.28. The molecular weight excluding hydrogens is 309 g/mol. The highest BCUT2D eigenvalue weighted by atomic mass is 19.1. The van der Waals surface area contributed by atoms with Crippen LogP contribution in [-0.4, -0.2) is 18.5 Å². The predicted molar refractivity (Wildman–Crippen MR) is 89.6 cm³/mol. The van der Waals surface area contributed by atoms with Crippen LogP contribution in [0.3, 0.4) is 0 Å². The number of benzene rings is 2. The minimum absolute atomic E-state index is 0.0936. The summed E-state index contributed by atoms with van der Waals surface area (Å²) in [7, 11) is 0. The molecule has 1 unspecified atom stereocenters. The molecular formula is C18H20FN3O2. The van der Waals surface area contributed by atoms with Crippen molar-refractivity contribution >= 4 is 11.9 Å². The fraction of sp³-hybridized carbons (Fsp3) is 0.222. The smallest absolute Gasteiger partial charge is 0.312 e. The summed E-state index contributed by atoms with van der Waals surface area (Å²) in [5.74, 6) is -0.481. The van der Waals surface area contributed by atoms with Crippen molar-refractivity contribution in [1.29, 1.82) is 0 Å². The zero-order chi connectivity index (χ0) is 17.4. The van der Waals surface area contributed by atoms with E-state index in [1.54, 1.807) is 12.1 Å². The average molecular weight is 329 g/mol. The molecule has 2 rings (SSSR count). The van der Waals surface area contributed by atoms with Crippen LogP contribution in [0.1, 0.15) is 23.6 Å². The molecule has 0 saturated heterocycles. The van der Waals surface area contributed by atoms with Crippen molar-refractivity contribution in [3.05, 3.63) is 71.5 Å². The van der Waals surface area contributed by atoms with Crippen LogP contribution in [0.15, 0.2) is 54.6 Å². The molecule has 0 bridgehead atoms. The highest BCUT2D eigenvalue weighted by Crippen LogP contribution is 2.16. The number of nitrogens with two attached hydrogens (primary N) is 1. The fourth-order valence-corrected chi connectivity index (χ4v) is 2.36. The molecule has 0 heterocycles. The van der Waals surface area contributed by atoms with Crippen LogP contribution < -0.4 is 16.4 Å². The first-order valence-electron chi connectivity index (χ1n) is 7.66. The van der Waals surface area contributed by atoms with Gasteiger partial charge in [-0.1, -0.05) is 42.5 Å². The monoisotopic (exact) mass is 329 g/mol. The van der Waals surface area contributed by atoms with Gasteiger partial charge in [0, 0.05) is 6.54 Å². The first kappa shape index (κ1) is 17.5. The lowest BCUT2D eigenvalue weighted by atomic mass is 10.0. The Labute approximate surface area is 140 Å². The van der Waals surface area contributed by atoms with Crippen LogP contribution in [0.2, 0.25) is 0 Å². The minimum atomic E-state index is -0.678. The van der Waals surface area contributed by atoms with Gasteiger partial charge in [-0.3, -0.25) is 4.79 Å². The van der Waals surface area contributed by atoms with Gasteiger partial charge in [0.15, 0.2) is 0 Å². The number of carbonyl (C=O) groups is 2. The molecule has 3 amide bonds. The van der Waals surface area contributed by atoms with Crippen LogP contribution in [-0.2, 0) is 11.2 Å². The standard InChI is InChI=1S/C18H20FN3O2/c19-15-8-6-13(7-9-15)10-11-21-17(23)12-16(22-18(20)24)14-4-2-1-3-5-14/h1-9,16H,10-12H2,(H,21,23)(H3,20,22,24). The molecule has 6 heteroatoms. The molecule has 5 nitrogen and oxygen atoms in total. The van der Waals surface area contributed by atoms with Gasteiger partial charge in [-0.05, 0) is 29.7 Å². The maximum atomic E-state index is 12.8. The first-order chi connectivity index (χ1) is 11.5. The van der Waals surface area contributed by atoms with Gasteiger partial charge in [0.2, 0.25) is 5.91 Å². The quantitative estimate of drug-likeness (QED) is 0.728. The van der Waals surface area contributed by atoms with E-state index in [0.717, 1.165) is 11.1 Å². The summed E-state index contributed by atoms with van der Waals surface area (Å²) in [5.41, 5.74) is 6.93. The number of primary amides is 1. The Hall–Kier alpha value is -2.89. The molecule has 4 N–H and O–H groups in total. The Balaban J connectivity index is 1.86. The van der Waals surface area contributed by atoms with Crippen molar-refractivity contribution in [2.45, 2.75) is 18.9 Å². The van der Waals surface area contributed by atoms with Gasteiger partial charge in [0.25, 0.3) is 0 Å². The Morgan fingerprint density at radius 2 is 1.71 bits per heavy atom. The van der Waals surface area contributed by atoms with Crippen LogP contribution in [0, 0.1) is 5.82 Å². The maximum absolute atomic E-state index is 12.8. The highest BCUT2D eigenvalue weighted by molar-refractivity contribution is 5.78. The molecule has 0 aliphatic heterocycles. The van der Waals surface area contributed by atoms with Crippen LogP contribution in [0.25, 0.3) is 0 Å². The van der Waals surface area contributed by atoms with E-state index in [-0.39, 0.29) is 18.1 Å². The summed E-state index contributed by atoms with van der Waals surface area (Å²) in [4.78, 5) is 23.2. The minimum Gasteiger partial charge on any atom is -0.356 e. The van der Waals surface area contributed by atoms with Gasteiger partial charge in [-0.25, -0.2) is 9.18 Å². The summed E-state index contributed by atoms with van der Waals surface area (Å²) in [6, 6.07) is 14.2. The second-order valence-corrected chi connectivity index (χ2v) is 5.40. The molecule has 0 spiro atoms. The second-order valence-electron chi connectivity index (χ2n) is 5.40. The lowest BCUT2D eigenvalue weighted by Gasteiger charge is -2.17. The van der Waals surface area contributed by atoms with E-state index in [1.807, 2.05) is 30.3 Å². The van der Waals surface area contributed by atoms with Crippen molar-refractivity contribution in [3.8, 4) is 0 Å². The maximum Gasteiger partial charge on any atom is 0.312 e. The van der Waals surface area contributed by atoms with E-state index in [4.69, 9.17) is 5.73 Å². The molecule has 0 saturated carbocycles.